The summed E-state index contributed by atoms with van der Waals surface area (Å²) >= 11 is 0. The number of carbonyl (C=O) groups is 2. The summed E-state index contributed by atoms with van der Waals surface area (Å²) in [4.78, 5) is 29.6. The van der Waals surface area contributed by atoms with E-state index in [1.165, 1.54) is 23.3 Å². The predicted octanol–water partition coefficient (Wildman–Crippen LogP) is 2.57. The summed E-state index contributed by atoms with van der Waals surface area (Å²) in [6.45, 7) is 0.472. The van der Waals surface area contributed by atoms with Crippen molar-refractivity contribution in [3.8, 4) is 0 Å². The van der Waals surface area contributed by atoms with Gasteiger partial charge >= 0.3 is 0 Å². The summed E-state index contributed by atoms with van der Waals surface area (Å²) < 4.78 is 0. The van der Waals surface area contributed by atoms with Crippen LogP contribution in [0.1, 0.15) is 53.0 Å². The van der Waals surface area contributed by atoms with Crippen molar-refractivity contribution in [2.75, 3.05) is 6.54 Å². The lowest BCUT2D eigenvalue weighted by atomic mass is 9.97. The van der Waals surface area contributed by atoms with Crippen molar-refractivity contribution >= 4 is 11.8 Å². The molecule has 0 radical (unpaired) electrons. The Kier molecular flexibility index (Phi) is 3.15. The van der Waals surface area contributed by atoms with Crippen LogP contribution in [0.2, 0.25) is 0 Å². The fraction of sp³-hybridized carbons (Fsp3) is 0.400. The van der Waals surface area contributed by atoms with Crippen LogP contribution in [0.15, 0.2) is 30.0 Å². The molecule has 3 rings (SSSR count). The molecule has 0 bridgehead atoms. The van der Waals surface area contributed by atoms with Gasteiger partial charge in [-0.15, -0.1) is 0 Å². The lowest BCUT2D eigenvalue weighted by Gasteiger charge is -2.17. The van der Waals surface area contributed by atoms with Crippen molar-refractivity contribution in [3.05, 3.63) is 41.2 Å². The first-order chi connectivity index (χ1) is 9.27. The zero-order chi connectivity index (χ0) is 13.2. The van der Waals surface area contributed by atoms with E-state index in [4.69, 9.17) is 0 Å². The monoisotopic (exact) mass is 256 g/mol. The van der Waals surface area contributed by atoms with Gasteiger partial charge in [0.25, 0.3) is 11.8 Å². The number of imide groups is 1. The second-order valence-corrected chi connectivity index (χ2v) is 5.02. The molecule has 4 nitrogen and oxygen atoms in total. The van der Waals surface area contributed by atoms with Gasteiger partial charge in [0.05, 0.1) is 5.56 Å². The molecule has 2 heterocycles. The number of hydrogen-bond donors (Lipinski definition) is 0. The highest BCUT2D eigenvalue weighted by atomic mass is 16.2. The average Bonchev–Trinajstić information content (AvgIpc) is 2.71. The molecule has 98 valence electrons. The largest absolute Gasteiger partial charge is 0.280 e. The Morgan fingerprint density at radius 2 is 2.11 bits per heavy atom. The number of allylic oxidation sites excluding steroid dienone is 1. The van der Waals surface area contributed by atoms with Gasteiger partial charge in [-0.2, -0.15) is 0 Å². The Balaban J connectivity index is 1.72. The van der Waals surface area contributed by atoms with Crippen LogP contribution in [-0.2, 0) is 0 Å². The Hall–Kier alpha value is -1.97. The topological polar surface area (TPSA) is 50.3 Å². The molecule has 0 fully saturated rings. The van der Waals surface area contributed by atoms with E-state index >= 15 is 0 Å². The van der Waals surface area contributed by atoms with Gasteiger partial charge in [0.1, 0.15) is 5.69 Å². The van der Waals surface area contributed by atoms with Crippen LogP contribution in [0.3, 0.4) is 0 Å². The van der Waals surface area contributed by atoms with E-state index < -0.39 is 0 Å². The van der Waals surface area contributed by atoms with E-state index in [-0.39, 0.29) is 11.8 Å². The fourth-order valence-corrected chi connectivity index (χ4v) is 2.70. The molecule has 0 atom stereocenters. The molecule has 0 saturated carbocycles. The molecule has 1 aromatic rings. The number of hydrogen-bond acceptors (Lipinski definition) is 3. The minimum atomic E-state index is -0.253. The van der Waals surface area contributed by atoms with E-state index in [2.05, 4.69) is 11.1 Å². The smallest absolute Gasteiger partial charge is 0.273 e. The van der Waals surface area contributed by atoms with Crippen LogP contribution in [0.25, 0.3) is 0 Å². The van der Waals surface area contributed by atoms with Crippen LogP contribution in [-0.4, -0.2) is 28.2 Å². The third-order valence-corrected chi connectivity index (χ3v) is 3.77. The maximum absolute atomic E-state index is 12.1. The number of amides is 2. The minimum Gasteiger partial charge on any atom is -0.273 e. The van der Waals surface area contributed by atoms with Crippen LogP contribution in [0.4, 0.5) is 0 Å². The molecule has 1 aliphatic carbocycles. The quantitative estimate of drug-likeness (QED) is 0.617. The van der Waals surface area contributed by atoms with Crippen LogP contribution in [0.5, 0.6) is 0 Å². The van der Waals surface area contributed by atoms with Gasteiger partial charge in [-0.25, -0.2) is 0 Å². The maximum Gasteiger partial charge on any atom is 0.280 e. The third-order valence-electron chi connectivity index (χ3n) is 3.77. The molecule has 1 aromatic heterocycles. The summed E-state index contributed by atoms with van der Waals surface area (Å²) in [7, 11) is 0. The molecule has 0 spiro atoms. The van der Waals surface area contributed by atoms with Gasteiger partial charge in [-0.1, -0.05) is 11.6 Å². The predicted molar refractivity (Wildman–Crippen MR) is 70.8 cm³/mol. The standard InChI is InChI=1S/C15H16N2O2/c18-14-12-7-4-9-16-13(12)15(19)17(14)10-8-11-5-2-1-3-6-11/h4-5,7,9H,1-3,6,8,10H2. The first-order valence-electron chi connectivity index (χ1n) is 6.76. The van der Waals surface area contributed by atoms with Gasteiger partial charge in [-0.3, -0.25) is 19.5 Å². The number of aromatic nitrogens is 1. The normalized spacial score (nSPS) is 18.5. The van der Waals surface area contributed by atoms with Crippen molar-refractivity contribution in [3.63, 3.8) is 0 Å². The van der Waals surface area contributed by atoms with Crippen molar-refractivity contribution < 1.29 is 9.59 Å². The SMILES string of the molecule is O=C1c2cccnc2C(=O)N1CCC1=CCCCC1. The summed E-state index contributed by atoms with van der Waals surface area (Å²) in [5, 5.41) is 0. The second kappa shape index (κ2) is 4.96. The minimum absolute atomic E-state index is 0.204. The fourth-order valence-electron chi connectivity index (χ4n) is 2.70. The van der Waals surface area contributed by atoms with Crippen molar-refractivity contribution in [2.45, 2.75) is 32.1 Å². The molecule has 19 heavy (non-hydrogen) atoms. The molecule has 1 aliphatic heterocycles. The lowest BCUT2D eigenvalue weighted by Crippen LogP contribution is -2.31. The average molecular weight is 256 g/mol. The van der Waals surface area contributed by atoms with E-state index in [0.29, 0.717) is 17.8 Å². The molecule has 2 amide bonds. The van der Waals surface area contributed by atoms with Gasteiger partial charge in [-0.05, 0) is 44.2 Å². The summed E-state index contributed by atoms with van der Waals surface area (Å²) in [6, 6.07) is 3.36. The lowest BCUT2D eigenvalue weighted by molar-refractivity contribution is 0.0654. The van der Waals surface area contributed by atoms with Gasteiger partial charge in [0.2, 0.25) is 0 Å². The molecule has 0 N–H and O–H groups in total. The van der Waals surface area contributed by atoms with Crippen LogP contribution in [0, 0.1) is 0 Å². The van der Waals surface area contributed by atoms with Crippen LogP contribution >= 0.6 is 0 Å². The highest BCUT2D eigenvalue weighted by Gasteiger charge is 2.36. The molecule has 0 aromatic carbocycles. The summed E-state index contributed by atoms with van der Waals surface area (Å²) in [5.41, 5.74) is 2.10. The summed E-state index contributed by atoms with van der Waals surface area (Å²) in [5.74, 6) is -0.457. The van der Waals surface area contributed by atoms with Gasteiger partial charge in [0.15, 0.2) is 0 Å². The zero-order valence-electron chi connectivity index (χ0n) is 10.8. The van der Waals surface area contributed by atoms with E-state index in [1.54, 1.807) is 18.3 Å². The first kappa shape index (κ1) is 12.1. The number of nitrogens with zero attached hydrogens (tertiary/aromatic N) is 2. The molecular weight excluding hydrogens is 240 g/mol. The zero-order valence-corrected chi connectivity index (χ0v) is 10.8. The Morgan fingerprint density at radius 3 is 2.84 bits per heavy atom. The highest BCUT2D eigenvalue weighted by Crippen LogP contribution is 2.24. The van der Waals surface area contributed by atoms with E-state index in [0.717, 1.165) is 19.3 Å². The Labute approximate surface area is 112 Å². The van der Waals surface area contributed by atoms with Gasteiger partial charge < -0.3 is 0 Å². The number of pyridine rings is 1. The maximum atomic E-state index is 12.1. The number of fused-ring (bicyclic) bond motifs is 1. The van der Waals surface area contributed by atoms with E-state index in [1.807, 2.05) is 0 Å². The third kappa shape index (κ3) is 2.18. The Bertz CT molecular complexity index is 528. The first-order valence-corrected chi connectivity index (χ1v) is 6.76. The molecule has 0 unspecified atom stereocenters. The van der Waals surface area contributed by atoms with Crippen molar-refractivity contribution in [2.24, 2.45) is 0 Å². The molecule has 2 aliphatic rings. The highest BCUT2D eigenvalue weighted by molar-refractivity contribution is 6.20. The number of rotatable bonds is 3. The molecule has 0 saturated heterocycles. The van der Waals surface area contributed by atoms with Gasteiger partial charge in [0, 0.05) is 12.7 Å². The van der Waals surface area contributed by atoms with E-state index in [9.17, 15) is 9.59 Å². The molecule has 4 heteroatoms. The number of carbonyl (C=O) groups excluding carboxylic acids is 2. The van der Waals surface area contributed by atoms with Crippen LogP contribution < -0.4 is 0 Å². The Morgan fingerprint density at radius 1 is 1.21 bits per heavy atom. The molecular formula is C15H16N2O2. The van der Waals surface area contributed by atoms with Crippen molar-refractivity contribution in [1.82, 2.24) is 9.88 Å². The summed E-state index contributed by atoms with van der Waals surface area (Å²) in [6.07, 6.45) is 9.29. The van der Waals surface area contributed by atoms with Crippen molar-refractivity contribution in [1.29, 1.82) is 0 Å². The second-order valence-electron chi connectivity index (χ2n) is 5.02.